The highest BCUT2D eigenvalue weighted by molar-refractivity contribution is 5.80. The van der Waals surface area contributed by atoms with Crippen LogP contribution >= 0.6 is 0 Å². The minimum Gasteiger partial charge on any atom is -0.481 e. The van der Waals surface area contributed by atoms with Crippen molar-refractivity contribution in [2.45, 2.75) is 19.4 Å². The molecule has 20 heavy (non-hydrogen) atoms. The molecule has 1 heterocycles. The molecule has 0 aliphatic rings. The van der Waals surface area contributed by atoms with Gasteiger partial charge in [-0.2, -0.15) is 5.10 Å². The summed E-state index contributed by atoms with van der Waals surface area (Å²) < 4.78 is 18.3. The maximum atomic E-state index is 13.0. The summed E-state index contributed by atoms with van der Waals surface area (Å²) in [6.45, 7) is 2.03. The van der Waals surface area contributed by atoms with Gasteiger partial charge in [-0.05, 0) is 19.1 Å². The molecular weight excluding hydrogens is 263 g/mol. The van der Waals surface area contributed by atoms with E-state index in [1.54, 1.807) is 13.0 Å². The number of hydrogen-bond acceptors (Lipinski definition) is 4. The highest BCUT2D eigenvalue weighted by atomic mass is 19.1. The molecule has 0 spiro atoms. The van der Waals surface area contributed by atoms with Crippen LogP contribution in [0.3, 0.4) is 0 Å². The molecule has 0 bridgehead atoms. The fourth-order valence-electron chi connectivity index (χ4n) is 1.60. The van der Waals surface area contributed by atoms with Crippen LogP contribution in [0.4, 0.5) is 4.39 Å². The molecule has 1 amide bonds. The Morgan fingerprint density at radius 1 is 1.55 bits per heavy atom. The summed E-state index contributed by atoms with van der Waals surface area (Å²) in [6, 6.07) is 5.67. The predicted molar refractivity (Wildman–Crippen MR) is 69.6 cm³/mol. The largest absolute Gasteiger partial charge is 0.481 e. The molecular formula is C13H15FN4O2. The topological polar surface area (TPSA) is 79.9 Å². The fourth-order valence-corrected chi connectivity index (χ4v) is 1.60. The Morgan fingerprint density at radius 3 is 3.10 bits per heavy atom. The minimum absolute atomic E-state index is 0.270. The zero-order valence-corrected chi connectivity index (χ0v) is 11.0. The van der Waals surface area contributed by atoms with Gasteiger partial charge in [0.15, 0.2) is 6.10 Å². The number of hydrogen-bond donors (Lipinski definition) is 2. The minimum atomic E-state index is -0.702. The number of benzene rings is 1. The van der Waals surface area contributed by atoms with Crippen molar-refractivity contribution in [1.29, 1.82) is 0 Å². The van der Waals surface area contributed by atoms with Crippen molar-refractivity contribution in [3.05, 3.63) is 42.2 Å². The van der Waals surface area contributed by atoms with E-state index < -0.39 is 11.9 Å². The van der Waals surface area contributed by atoms with Crippen LogP contribution in [-0.2, 0) is 11.2 Å². The van der Waals surface area contributed by atoms with E-state index in [9.17, 15) is 9.18 Å². The first-order valence-electron chi connectivity index (χ1n) is 6.19. The number of H-pyrrole nitrogens is 1. The lowest BCUT2D eigenvalue weighted by Gasteiger charge is -2.14. The van der Waals surface area contributed by atoms with Gasteiger partial charge in [0.2, 0.25) is 0 Å². The number of rotatable bonds is 6. The van der Waals surface area contributed by atoms with E-state index in [1.165, 1.54) is 24.5 Å². The van der Waals surface area contributed by atoms with Crippen LogP contribution in [0.5, 0.6) is 5.75 Å². The average molecular weight is 278 g/mol. The van der Waals surface area contributed by atoms with Crippen LogP contribution in [0.15, 0.2) is 30.6 Å². The van der Waals surface area contributed by atoms with Crippen LogP contribution in [0, 0.1) is 5.82 Å². The summed E-state index contributed by atoms with van der Waals surface area (Å²) in [5.74, 6) is 0.348. The van der Waals surface area contributed by atoms with E-state index in [-0.39, 0.29) is 5.91 Å². The van der Waals surface area contributed by atoms with Gasteiger partial charge in [-0.3, -0.25) is 9.89 Å². The van der Waals surface area contributed by atoms with Gasteiger partial charge >= 0.3 is 0 Å². The normalized spacial score (nSPS) is 11.9. The summed E-state index contributed by atoms with van der Waals surface area (Å²) in [5.41, 5.74) is 0. The predicted octanol–water partition coefficient (Wildman–Crippen LogP) is 1.07. The zero-order chi connectivity index (χ0) is 14.4. The van der Waals surface area contributed by atoms with Crippen LogP contribution in [0.2, 0.25) is 0 Å². The molecule has 0 aliphatic heterocycles. The quantitative estimate of drug-likeness (QED) is 0.828. The van der Waals surface area contributed by atoms with E-state index in [4.69, 9.17) is 4.74 Å². The monoisotopic (exact) mass is 278 g/mol. The number of amides is 1. The lowest BCUT2D eigenvalue weighted by atomic mass is 10.3. The van der Waals surface area contributed by atoms with E-state index in [1.807, 2.05) is 0 Å². The SMILES string of the molecule is CC(Oc1cccc(F)c1)C(=O)NCCc1ncn[nH]1. The zero-order valence-electron chi connectivity index (χ0n) is 11.0. The molecule has 1 aromatic carbocycles. The van der Waals surface area contributed by atoms with Crippen LogP contribution in [0.25, 0.3) is 0 Å². The second-order valence-electron chi connectivity index (χ2n) is 4.19. The van der Waals surface area contributed by atoms with Gasteiger partial charge in [0, 0.05) is 19.0 Å². The lowest BCUT2D eigenvalue weighted by Crippen LogP contribution is -2.37. The number of aromatic amines is 1. The number of nitrogens with zero attached hydrogens (tertiary/aromatic N) is 2. The van der Waals surface area contributed by atoms with Gasteiger partial charge < -0.3 is 10.1 Å². The maximum Gasteiger partial charge on any atom is 0.260 e. The van der Waals surface area contributed by atoms with Crippen molar-refractivity contribution >= 4 is 5.91 Å². The fraction of sp³-hybridized carbons (Fsp3) is 0.308. The van der Waals surface area contributed by atoms with Crippen molar-refractivity contribution in [2.75, 3.05) is 6.54 Å². The molecule has 106 valence electrons. The second-order valence-corrected chi connectivity index (χ2v) is 4.19. The standard InChI is InChI=1S/C13H15FN4O2/c1-9(20-11-4-2-3-10(14)7-11)13(19)15-6-5-12-16-8-17-18-12/h2-4,7-9H,5-6H2,1H3,(H,15,19)(H,16,17,18). The summed E-state index contributed by atoms with van der Waals surface area (Å²) in [6.07, 6.45) is 1.26. The number of carbonyl (C=O) groups excluding carboxylic acids is 1. The molecule has 0 radical (unpaired) electrons. The lowest BCUT2D eigenvalue weighted by molar-refractivity contribution is -0.127. The van der Waals surface area contributed by atoms with Crippen LogP contribution in [-0.4, -0.2) is 33.7 Å². The van der Waals surface area contributed by atoms with Crippen molar-refractivity contribution in [2.24, 2.45) is 0 Å². The summed E-state index contributed by atoms with van der Waals surface area (Å²) in [5, 5.41) is 9.12. The van der Waals surface area contributed by atoms with Gasteiger partial charge in [0.05, 0.1) is 0 Å². The number of ether oxygens (including phenoxy) is 1. The van der Waals surface area contributed by atoms with E-state index in [2.05, 4.69) is 20.5 Å². The van der Waals surface area contributed by atoms with Crippen molar-refractivity contribution < 1.29 is 13.9 Å². The first-order valence-corrected chi connectivity index (χ1v) is 6.19. The van der Waals surface area contributed by atoms with E-state index >= 15 is 0 Å². The van der Waals surface area contributed by atoms with Gasteiger partial charge in [0.25, 0.3) is 5.91 Å². The van der Waals surface area contributed by atoms with E-state index in [0.717, 1.165) is 0 Å². The summed E-state index contributed by atoms with van der Waals surface area (Å²) in [7, 11) is 0. The van der Waals surface area contributed by atoms with Gasteiger partial charge in [-0.15, -0.1) is 0 Å². The third-order valence-corrected chi connectivity index (χ3v) is 2.60. The molecule has 0 aliphatic carbocycles. The number of aromatic nitrogens is 3. The molecule has 1 atom stereocenters. The smallest absolute Gasteiger partial charge is 0.260 e. The molecule has 2 N–H and O–H groups in total. The average Bonchev–Trinajstić information content (AvgIpc) is 2.91. The third kappa shape index (κ3) is 4.04. The molecule has 1 aromatic heterocycles. The molecule has 2 rings (SSSR count). The number of nitrogens with one attached hydrogen (secondary N) is 2. The second kappa shape index (κ2) is 6.65. The Balaban J connectivity index is 1.77. The van der Waals surface area contributed by atoms with Gasteiger partial charge in [-0.1, -0.05) is 6.07 Å². The number of carbonyl (C=O) groups is 1. The van der Waals surface area contributed by atoms with Crippen LogP contribution < -0.4 is 10.1 Å². The molecule has 0 saturated heterocycles. The molecule has 2 aromatic rings. The summed E-state index contributed by atoms with van der Waals surface area (Å²) >= 11 is 0. The van der Waals surface area contributed by atoms with Crippen molar-refractivity contribution in [3.8, 4) is 5.75 Å². The Hall–Kier alpha value is -2.44. The first-order chi connectivity index (χ1) is 9.65. The van der Waals surface area contributed by atoms with Crippen molar-refractivity contribution in [1.82, 2.24) is 20.5 Å². The Labute approximate surface area is 115 Å². The molecule has 0 saturated carbocycles. The first kappa shape index (κ1) is 14.0. The Bertz CT molecular complexity index is 559. The summed E-state index contributed by atoms with van der Waals surface area (Å²) in [4.78, 5) is 15.7. The molecule has 0 fully saturated rings. The maximum absolute atomic E-state index is 13.0. The van der Waals surface area contributed by atoms with Gasteiger partial charge in [-0.25, -0.2) is 9.37 Å². The highest BCUT2D eigenvalue weighted by Gasteiger charge is 2.14. The highest BCUT2D eigenvalue weighted by Crippen LogP contribution is 2.13. The Morgan fingerprint density at radius 2 is 2.40 bits per heavy atom. The molecule has 6 nitrogen and oxygen atoms in total. The third-order valence-electron chi connectivity index (χ3n) is 2.60. The van der Waals surface area contributed by atoms with Gasteiger partial charge in [0.1, 0.15) is 23.7 Å². The Kier molecular flexibility index (Phi) is 4.65. The molecule has 1 unspecified atom stereocenters. The van der Waals surface area contributed by atoms with Crippen LogP contribution in [0.1, 0.15) is 12.7 Å². The number of halogens is 1. The van der Waals surface area contributed by atoms with Crippen molar-refractivity contribution in [3.63, 3.8) is 0 Å². The van der Waals surface area contributed by atoms with E-state index in [0.29, 0.717) is 24.5 Å². The molecule has 7 heteroatoms.